The molecule has 0 aliphatic carbocycles. The van der Waals surface area contributed by atoms with Crippen LogP contribution in [-0.2, 0) is 28.4 Å². The summed E-state index contributed by atoms with van der Waals surface area (Å²) in [4.78, 5) is 25.5. The van der Waals surface area contributed by atoms with Crippen LogP contribution in [0.3, 0.4) is 0 Å². The highest BCUT2D eigenvalue weighted by Crippen LogP contribution is 2.29. The summed E-state index contributed by atoms with van der Waals surface area (Å²) in [6, 6.07) is 3.15. The molecule has 1 aliphatic heterocycles. The molecule has 0 N–H and O–H groups in total. The van der Waals surface area contributed by atoms with Crippen LogP contribution in [0, 0.1) is 0 Å². The van der Waals surface area contributed by atoms with Crippen molar-refractivity contribution >= 4 is 40.4 Å². The fourth-order valence-electron chi connectivity index (χ4n) is 2.18. The minimum absolute atomic E-state index is 0.0292. The summed E-state index contributed by atoms with van der Waals surface area (Å²) in [5.74, 6) is -0.345. The van der Waals surface area contributed by atoms with Crippen molar-refractivity contribution in [3.05, 3.63) is 16.6 Å². The number of rotatable bonds is 7. The first kappa shape index (κ1) is 20.5. The number of carbonyl (C=O) groups is 2. The third kappa shape index (κ3) is 5.59. The molecule has 1 aromatic rings. The van der Waals surface area contributed by atoms with E-state index in [1.807, 2.05) is 0 Å². The summed E-state index contributed by atoms with van der Waals surface area (Å²) in [5, 5.41) is 0. The summed E-state index contributed by atoms with van der Waals surface area (Å²) in [7, 11) is 3.33. The molecule has 2 rings (SSSR count). The molecule has 0 amide bonds. The van der Waals surface area contributed by atoms with E-state index in [-0.39, 0.29) is 32.4 Å². The summed E-state index contributed by atoms with van der Waals surface area (Å²) in [5.41, 5.74) is 0.338. The van der Waals surface area contributed by atoms with Gasteiger partial charge in [0.25, 0.3) is 0 Å². The molecule has 1 heterocycles. The Kier molecular flexibility index (Phi) is 7.70. The van der Waals surface area contributed by atoms with Gasteiger partial charge in [0.1, 0.15) is 11.5 Å². The van der Waals surface area contributed by atoms with Crippen LogP contribution in [-0.4, -0.2) is 71.9 Å². The maximum absolute atomic E-state index is 12.0. The Balaban J connectivity index is 2.35. The van der Waals surface area contributed by atoms with E-state index in [9.17, 15) is 9.59 Å². The van der Waals surface area contributed by atoms with E-state index in [1.165, 1.54) is 19.1 Å². The second-order valence-corrected chi connectivity index (χ2v) is 6.26. The van der Waals surface area contributed by atoms with Crippen LogP contribution < -0.4 is 14.9 Å². The fraction of sp³-hybridized carbons (Fsp3) is 0.467. The number of ether oxygens (including phenoxy) is 4. The van der Waals surface area contributed by atoms with E-state index in [4.69, 9.17) is 28.3 Å². The largest absolute Gasteiger partial charge is 0.640 e. The van der Waals surface area contributed by atoms with Gasteiger partial charge in [0.05, 0.1) is 23.0 Å². The molecule has 0 atom stereocenters. The number of hydrogen-bond donors (Lipinski definition) is 0. The van der Waals surface area contributed by atoms with Gasteiger partial charge in [-0.05, 0) is 29.0 Å². The monoisotopic (exact) mass is 431 g/mol. The van der Waals surface area contributed by atoms with Crippen LogP contribution in [0.5, 0.6) is 11.5 Å². The Morgan fingerprint density at radius 1 is 1.04 bits per heavy atom. The van der Waals surface area contributed by atoms with Crippen LogP contribution in [0.1, 0.15) is 0 Å². The minimum atomic E-state index is -1.25. The lowest BCUT2D eigenvalue weighted by Crippen LogP contribution is -2.48. The van der Waals surface area contributed by atoms with E-state index in [0.717, 1.165) is 0 Å². The van der Waals surface area contributed by atoms with Gasteiger partial charge in [0.2, 0.25) is 0 Å². The van der Waals surface area contributed by atoms with Crippen molar-refractivity contribution in [3.8, 4) is 11.5 Å². The first-order valence-electron chi connectivity index (χ1n) is 7.59. The number of carbonyl (C=O) groups excluding carboxylic acids is 2. The molecule has 1 saturated heterocycles. The lowest BCUT2D eigenvalue weighted by molar-refractivity contribution is -0.145. The molecule has 142 valence electrons. The normalized spacial score (nSPS) is 15.8. The molecule has 0 saturated carbocycles. The van der Waals surface area contributed by atoms with Gasteiger partial charge < -0.3 is 28.3 Å². The molecule has 1 fully saturated rings. The Bertz CT molecular complexity index is 639. The predicted octanol–water partition coefficient (Wildman–Crippen LogP) is 0.142. The van der Waals surface area contributed by atoms with Crippen molar-refractivity contribution < 1.29 is 37.8 Å². The number of likely N-dealkylation sites (N-methyl/N-ethyl adjacent to an activating group) is 1. The second-order valence-electron chi connectivity index (χ2n) is 5.41. The molecule has 0 unspecified atom stereocenters. The standard InChI is InChI=1S/C15H19BBrNO8/c1-18-6-14(19)25-16(26-15(20)7-18)10-4-11(17)13(24-9-22-3)5-12(10)23-8-21-2/h4-5H,6-9H2,1-3H3. The highest BCUT2D eigenvalue weighted by atomic mass is 79.9. The molecular formula is C15H19BBrNO8. The number of hydrogen-bond acceptors (Lipinski definition) is 9. The molecule has 1 aromatic carbocycles. The van der Waals surface area contributed by atoms with E-state index < -0.39 is 19.1 Å². The predicted molar refractivity (Wildman–Crippen MR) is 94.2 cm³/mol. The summed E-state index contributed by atoms with van der Waals surface area (Å²) in [6.07, 6.45) is 0. The molecule has 1 aliphatic rings. The van der Waals surface area contributed by atoms with E-state index in [2.05, 4.69) is 15.9 Å². The Hall–Kier alpha value is -1.82. The highest BCUT2D eigenvalue weighted by Gasteiger charge is 2.37. The highest BCUT2D eigenvalue weighted by molar-refractivity contribution is 9.10. The van der Waals surface area contributed by atoms with Crippen molar-refractivity contribution in [1.29, 1.82) is 0 Å². The van der Waals surface area contributed by atoms with E-state index in [0.29, 0.717) is 15.7 Å². The molecule has 0 bridgehead atoms. The Labute approximate surface area is 159 Å². The Morgan fingerprint density at radius 2 is 1.58 bits per heavy atom. The van der Waals surface area contributed by atoms with E-state index >= 15 is 0 Å². The maximum Gasteiger partial charge on any atom is 0.640 e. The van der Waals surface area contributed by atoms with Gasteiger partial charge in [-0.3, -0.25) is 14.5 Å². The third-order valence-electron chi connectivity index (χ3n) is 3.26. The van der Waals surface area contributed by atoms with Crippen LogP contribution in [0.4, 0.5) is 0 Å². The van der Waals surface area contributed by atoms with E-state index in [1.54, 1.807) is 19.2 Å². The average molecular weight is 432 g/mol. The van der Waals surface area contributed by atoms with Gasteiger partial charge in [0.15, 0.2) is 13.6 Å². The summed E-state index contributed by atoms with van der Waals surface area (Å²) < 4.78 is 31.9. The van der Waals surface area contributed by atoms with Gasteiger partial charge in [-0.2, -0.15) is 0 Å². The quantitative estimate of drug-likeness (QED) is 0.441. The van der Waals surface area contributed by atoms with Gasteiger partial charge >= 0.3 is 19.1 Å². The smallest absolute Gasteiger partial charge is 0.494 e. The van der Waals surface area contributed by atoms with Gasteiger partial charge in [-0.15, -0.1) is 0 Å². The molecule has 0 aromatic heterocycles. The topological polar surface area (TPSA) is 92.8 Å². The summed E-state index contributed by atoms with van der Waals surface area (Å²) >= 11 is 3.36. The lowest BCUT2D eigenvalue weighted by Gasteiger charge is -2.24. The molecule has 11 heteroatoms. The first-order chi connectivity index (χ1) is 12.4. The SMILES string of the molecule is COCOc1cc(OCOC)c(B2OC(=O)CN(C)CC(=O)O2)cc1Br. The van der Waals surface area contributed by atoms with Crippen LogP contribution >= 0.6 is 15.9 Å². The van der Waals surface area contributed by atoms with Gasteiger partial charge in [-0.25, -0.2) is 0 Å². The van der Waals surface area contributed by atoms with Crippen molar-refractivity contribution in [3.63, 3.8) is 0 Å². The molecule has 0 spiro atoms. The summed E-state index contributed by atoms with van der Waals surface area (Å²) in [6.45, 7) is -0.0940. The van der Waals surface area contributed by atoms with Crippen molar-refractivity contribution in [1.82, 2.24) is 4.90 Å². The number of halogens is 1. The zero-order chi connectivity index (χ0) is 19.1. The number of nitrogens with zero attached hydrogens (tertiary/aromatic N) is 1. The third-order valence-corrected chi connectivity index (χ3v) is 3.88. The van der Waals surface area contributed by atoms with Crippen LogP contribution in [0.25, 0.3) is 0 Å². The molecular weight excluding hydrogens is 413 g/mol. The van der Waals surface area contributed by atoms with Gasteiger partial charge in [0, 0.05) is 20.3 Å². The maximum atomic E-state index is 12.0. The zero-order valence-electron chi connectivity index (χ0n) is 14.7. The molecule has 9 nitrogen and oxygen atoms in total. The molecule has 0 radical (unpaired) electrons. The van der Waals surface area contributed by atoms with Gasteiger partial charge in [-0.1, -0.05) is 0 Å². The van der Waals surface area contributed by atoms with Crippen LogP contribution in [0.15, 0.2) is 16.6 Å². The fourth-order valence-corrected chi connectivity index (χ4v) is 2.65. The van der Waals surface area contributed by atoms with Crippen molar-refractivity contribution in [2.24, 2.45) is 0 Å². The lowest BCUT2D eigenvalue weighted by atomic mass is 9.77. The second kappa shape index (κ2) is 9.76. The number of methoxy groups -OCH3 is 2. The van der Waals surface area contributed by atoms with Crippen molar-refractivity contribution in [2.45, 2.75) is 0 Å². The van der Waals surface area contributed by atoms with Crippen LogP contribution in [0.2, 0.25) is 0 Å². The minimum Gasteiger partial charge on any atom is -0.494 e. The Morgan fingerprint density at radius 3 is 2.12 bits per heavy atom. The zero-order valence-corrected chi connectivity index (χ0v) is 16.2. The molecule has 26 heavy (non-hydrogen) atoms. The number of benzene rings is 1. The van der Waals surface area contributed by atoms with Crippen molar-refractivity contribution in [2.75, 3.05) is 47.9 Å². The first-order valence-corrected chi connectivity index (χ1v) is 8.38. The average Bonchev–Trinajstić information content (AvgIpc) is 2.57.